The Balaban J connectivity index is 1.27. The zero-order valence-electron chi connectivity index (χ0n) is 19.4. The lowest BCUT2D eigenvalue weighted by Gasteiger charge is -2.60. The summed E-state index contributed by atoms with van der Waals surface area (Å²) in [6, 6.07) is 5.76. The van der Waals surface area contributed by atoms with E-state index in [1.165, 1.54) is 19.3 Å². The van der Waals surface area contributed by atoms with Crippen LogP contribution in [-0.4, -0.2) is 58.3 Å². The van der Waals surface area contributed by atoms with Crippen LogP contribution in [-0.2, 0) is 11.2 Å². The molecule has 3 saturated carbocycles. The monoisotopic (exact) mass is 437 g/mol. The molecule has 3 aliphatic carbocycles. The molecule has 1 unspecified atom stereocenters. The number of pyridine rings is 1. The smallest absolute Gasteiger partial charge is 0.268 e. The minimum absolute atomic E-state index is 0.0687. The third-order valence-electron chi connectivity index (χ3n) is 8.45. The number of fused-ring (bicyclic) bond motifs is 3. The highest BCUT2D eigenvalue weighted by atomic mass is 16.2. The van der Waals surface area contributed by atoms with Crippen LogP contribution < -0.4 is 10.6 Å². The largest absolute Gasteiger partial charge is 0.350 e. The molecule has 4 fully saturated rings. The molecule has 1 aliphatic heterocycles. The van der Waals surface area contributed by atoms with Crippen molar-refractivity contribution in [2.24, 2.45) is 23.2 Å². The molecule has 2 aromatic heterocycles. The molecule has 4 atom stereocenters. The number of hydrogen-bond donors (Lipinski definition) is 2. The molecular formula is C25H35N5O2. The number of rotatable bonds is 5. The fourth-order valence-electron chi connectivity index (χ4n) is 6.32. The van der Waals surface area contributed by atoms with E-state index in [0.29, 0.717) is 28.4 Å². The Labute approximate surface area is 190 Å². The average molecular weight is 438 g/mol. The summed E-state index contributed by atoms with van der Waals surface area (Å²) in [4.78, 5) is 32.4. The highest BCUT2D eigenvalue weighted by Gasteiger charge is 2.53. The first-order valence-corrected chi connectivity index (χ1v) is 12.1. The van der Waals surface area contributed by atoms with Crippen molar-refractivity contribution in [3.8, 4) is 0 Å². The van der Waals surface area contributed by atoms with Crippen LogP contribution in [0.15, 0.2) is 24.4 Å². The van der Waals surface area contributed by atoms with Crippen molar-refractivity contribution in [1.82, 2.24) is 24.9 Å². The number of nitrogens with zero attached hydrogens (tertiary/aromatic N) is 3. The third-order valence-corrected chi connectivity index (χ3v) is 8.45. The Bertz CT molecular complexity index is 1030. The van der Waals surface area contributed by atoms with Gasteiger partial charge in [-0.25, -0.2) is 4.98 Å². The average Bonchev–Trinajstić information content (AvgIpc) is 3.20. The normalized spacial score (nSPS) is 28.9. The van der Waals surface area contributed by atoms with Crippen molar-refractivity contribution >= 4 is 17.5 Å². The first kappa shape index (κ1) is 21.4. The highest BCUT2D eigenvalue weighted by Crippen LogP contribution is 2.61. The van der Waals surface area contributed by atoms with Gasteiger partial charge in [-0.15, -0.1) is 0 Å². The van der Waals surface area contributed by atoms with Gasteiger partial charge in [0.1, 0.15) is 11.3 Å². The second-order valence-corrected chi connectivity index (χ2v) is 10.6. The Hall–Kier alpha value is -2.41. The number of piperazine rings is 1. The summed E-state index contributed by atoms with van der Waals surface area (Å²) in [6.07, 6.45) is 5.91. The number of amides is 2. The molecule has 0 aromatic carbocycles. The predicted octanol–water partition coefficient (Wildman–Crippen LogP) is 2.50. The molecule has 2 N–H and O–H groups in total. The molecule has 3 heterocycles. The molecule has 2 amide bonds. The summed E-state index contributed by atoms with van der Waals surface area (Å²) in [7, 11) is 0. The Morgan fingerprint density at radius 1 is 1.28 bits per heavy atom. The van der Waals surface area contributed by atoms with Crippen molar-refractivity contribution in [2.45, 2.75) is 52.5 Å². The molecule has 2 bridgehead atoms. The first-order chi connectivity index (χ1) is 15.3. The second kappa shape index (κ2) is 8.18. The molecule has 7 heteroatoms. The summed E-state index contributed by atoms with van der Waals surface area (Å²) in [5, 5.41) is 6.50. The van der Waals surface area contributed by atoms with E-state index in [9.17, 15) is 9.59 Å². The van der Waals surface area contributed by atoms with Crippen LogP contribution in [0.5, 0.6) is 0 Å². The van der Waals surface area contributed by atoms with Crippen molar-refractivity contribution in [2.75, 3.05) is 26.2 Å². The highest BCUT2D eigenvalue weighted by molar-refractivity contribution is 5.93. The number of carbonyl (C=O) groups excluding carboxylic acids is 2. The zero-order chi connectivity index (χ0) is 22.5. The molecular weight excluding hydrogens is 402 g/mol. The van der Waals surface area contributed by atoms with Crippen molar-refractivity contribution in [3.05, 3.63) is 35.8 Å². The fraction of sp³-hybridized carbons (Fsp3) is 0.640. The standard InChI is InChI=1S/C25H35N5O2/c1-16-13-26-9-10-29(16)23(31)12-19-15-30-21(5-4-6-22(30)28-19)24(32)27-14-17-7-8-18-11-20(17)25(18,2)3/h4-6,15-18,20,26H,7-14H2,1-3H3,(H,27,32)/t16?,17-,18+,20+/m0/s1. The molecule has 4 aliphatic rings. The third kappa shape index (κ3) is 3.70. The molecule has 6 rings (SSSR count). The first-order valence-electron chi connectivity index (χ1n) is 12.1. The van der Waals surface area contributed by atoms with Gasteiger partial charge in [-0.3, -0.25) is 14.0 Å². The topological polar surface area (TPSA) is 78.7 Å². The van der Waals surface area contributed by atoms with E-state index in [-0.39, 0.29) is 24.3 Å². The number of carbonyl (C=O) groups is 2. The van der Waals surface area contributed by atoms with E-state index in [1.807, 2.05) is 33.7 Å². The number of nitrogens with one attached hydrogen (secondary N) is 2. The lowest BCUT2D eigenvalue weighted by Crippen LogP contribution is -2.54. The van der Waals surface area contributed by atoms with Gasteiger partial charge in [0, 0.05) is 38.4 Å². The van der Waals surface area contributed by atoms with Crippen LogP contribution in [0.2, 0.25) is 0 Å². The summed E-state index contributed by atoms with van der Waals surface area (Å²) in [5.74, 6) is 2.17. The molecule has 1 saturated heterocycles. The van der Waals surface area contributed by atoms with E-state index in [1.54, 1.807) is 0 Å². The van der Waals surface area contributed by atoms with Crippen LogP contribution in [0, 0.1) is 23.2 Å². The maximum atomic E-state index is 13.1. The lowest BCUT2D eigenvalue weighted by molar-refractivity contribution is -0.133. The minimum atomic E-state index is -0.0687. The summed E-state index contributed by atoms with van der Waals surface area (Å²) < 4.78 is 1.82. The van der Waals surface area contributed by atoms with Crippen molar-refractivity contribution in [1.29, 1.82) is 0 Å². The van der Waals surface area contributed by atoms with E-state index >= 15 is 0 Å². The van der Waals surface area contributed by atoms with Crippen LogP contribution in [0.25, 0.3) is 5.65 Å². The molecule has 0 spiro atoms. The summed E-state index contributed by atoms with van der Waals surface area (Å²) >= 11 is 0. The van der Waals surface area contributed by atoms with Gasteiger partial charge in [0.15, 0.2) is 0 Å². The Morgan fingerprint density at radius 3 is 2.88 bits per heavy atom. The van der Waals surface area contributed by atoms with E-state index < -0.39 is 0 Å². The minimum Gasteiger partial charge on any atom is -0.350 e. The lowest BCUT2D eigenvalue weighted by atomic mass is 9.45. The van der Waals surface area contributed by atoms with Crippen molar-refractivity contribution < 1.29 is 9.59 Å². The molecule has 7 nitrogen and oxygen atoms in total. The van der Waals surface area contributed by atoms with E-state index in [2.05, 4.69) is 36.4 Å². The molecule has 0 radical (unpaired) electrons. The van der Waals surface area contributed by atoms with Gasteiger partial charge in [0.2, 0.25) is 5.91 Å². The quantitative estimate of drug-likeness (QED) is 0.753. The van der Waals surface area contributed by atoms with Crippen molar-refractivity contribution in [3.63, 3.8) is 0 Å². The SMILES string of the molecule is CC1CNCCN1C(=O)Cc1cn2c(C(=O)NC[C@@H]3CC[C@@H]4C[C@H]3C4(C)C)cccc2n1. The number of aromatic nitrogens is 2. The van der Waals surface area contributed by atoms with E-state index in [4.69, 9.17) is 0 Å². The maximum absolute atomic E-state index is 13.1. The van der Waals surface area contributed by atoms with Gasteiger partial charge >= 0.3 is 0 Å². The summed E-state index contributed by atoms with van der Waals surface area (Å²) in [5.41, 5.74) is 2.40. The van der Waals surface area contributed by atoms with Gasteiger partial charge in [-0.1, -0.05) is 19.9 Å². The van der Waals surface area contributed by atoms with Crippen LogP contribution in [0.1, 0.15) is 56.2 Å². The number of imidazole rings is 1. The van der Waals surface area contributed by atoms with Gasteiger partial charge in [0.05, 0.1) is 12.1 Å². The Kier molecular flexibility index (Phi) is 5.48. The second-order valence-electron chi connectivity index (χ2n) is 10.6. The van der Waals surface area contributed by atoms with Gasteiger partial charge in [0.25, 0.3) is 5.91 Å². The van der Waals surface area contributed by atoms with Gasteiger partial charge < -0.3 is 15.5 Å². The van der Waals surface area contributed by atoms with Crippen LogP contribution in [0.4, 0.5) is 0 Å². The van der Waals surface area contributed by atoms with E-state index in [0.717, 1.165) is 38.0 Å². The van der Waals surface area contributed by atoms with Gasteiger partial charge in [-0.05, 0) is 61.5 Å². The molecule has 32 heavy (non-hydrogen) atoms. The predicted molar refractivity (Wildman–Crippen MR) is 123 cm³/mol. The van der Waals surface area contributed by atoms with Gasteiger partial charge in [-0.2, -0.15) is 0 Å². The molecule has 172 valence electrons. The van der Waals surface area contributed by atoms with Crippen LogP contribution in [0.3, 0.4) is 0 Å². The number of hydrogen-bond acceptors (Lipinski definition) is 4. The Morgan fingerprint density at radius 2 is 2.12 bits per heavy atom. The fourth-order valence-corrected chi connectivity index (χ4v) is 6.32. The van der Waals surface area contributed by atoms with Crippen LogP contribution >= 0.6 is 0 Å². The maximum Gasteiger partial charge on any atom is 0.268 e. The zero-order valence-corrected chi connectivity index (χ0v) is 19.4. The molecule has 2 aromatic rings. The summed E-state index contributed by atoms with van der Waals surface area (Å²) in [6.45, 7) is 9.93.